The predicted octanol–water partition coefficient (Wildman–Crippen LogP) is 1.41. The third kappa shape index (κ3) is 1.86. The van der Waals surface area contributed by atoms with Crippen LogP contribution in [0, 0.1) is 0 Å². The average Bonchev–Trinajstić information content (AvgIpc) is 3.03. The van der Waals surface area contributed by atoms with E-state index in [9.17, 15) is 5.11 Å². The normalized spacial score (nSPS) is 25.7. The van der Waals surface area contributed by atoms with E-state index in [-0.39, 0.29) is 0 Å². The molecule has 5 heteroatoms. The lowest BCUT2D eigenvalue weighted by atomic mass is 9.80. The van der Waals surface area contributed by atoms with Gasteiger partial charge in [-0.25, -0.2) is 4.98 Å². The number of rotatable bonds is 2. The Morgan fingerprint density at radius 2 is 1.94 bits per heavy atom. The van der Waals surface area contributed by atoms with E-state index >= 15 is 0 Å². The maximum Gasteiger partial charge on any atom is 0.168 e. The van der Waals surface area contributed by atoms with Crippen molar-refractivity contribution in [1.82, 2.24) is 9.55 Å². The molecule has 2 heterocycles. The van der Waals surface area contributed by atoms with Crippen LogP contribution in [0.2, 0.25) is 0 Å². The molecule has 5 nitrogen and oxygen atoms in total. The van der Waals surface area contributed by atoms with Gasteiger partial charge in [0.1, 0.15) is 11.4 Å². The summed E-state index contributed by atoms with van der Waals surface area (Å²) in [6, 6.07) is 0. The number of aliphatic hydroxyl groups is 1. The highest BCUT2D eigenvalue weighted by Crippen LogP contribution is 2.44. The molecule has 100 valence electrons. The number of nitrogens with zero attached hydrogens (tertiary/aromatic N) is 2. The Morgan fingerprint density at radius 3 is 2.56 bits per heavy atom. The van der Waals surface area contributed by atoms with Gasteiger partial charge in [-0.2, -0.15) is 0 Å². The van der Waals surface area contributed by atoms with Crippen LogP contribution in [-0.2, 0) is 21.6 Å². The van der Waals surface area contributed by atoms with Crippen LogP contribution in [0.1, 0.15) is 38.4 Å². The summed E-state index contributed by atoms with van der Waals surface area (Å²) in [5.74, 6) is 0.341. The molecule has 0 radical (unpaired) electrons. The van der Waals surface area contributed by atoms with Crippen LogP contribution >= 0.6 is 0 Å². The minimum Gasteiger partial charge on any atom is -0.382 e. The van der Waals surface area contributed by atoms with E-state index in [0.717, 1.165) is 25.2 Å². The van der Waals surface area contributed by atoms with Crippen molar-refractivity contribution >= 4 is 0 Å². The van der Waals surface area contributed by atoms with Crippen molar-refractivity contribution in [3.63, 3.8) is 0 Å². The second-order valence-corrected chi connectivity index (χ2v) is 5.18. The zero-order valence-corrected chi connectivity index (χ0v) is 10.8. The molecular weight excluding hydrogens is 232 g/mol. The lowest BCUT2D eigenvalue weighted by Crippen LogP contribution is -2.43. The number of hydrogen-bond acceptors (Lipinski definition) is 4. The number of hydrogen-bond donors (Lipinski definition) is 1. The molecule has 1 saturated heterocycles. The van der Waals surface area contributed by atoms with Crippen molar-refractivity contribution in [2.24, 2.45) is 0 Å². The van der Waals surface area contributed by atoms with Gasteiger partial charge < -0.3 is 19.1 Å². The second kappa shape index (κ2) is 4.33. The van der Waals surface area contributed by atoms with Crippen molar-refractivity contribution in [3.8, 4) is 0 Å². The van der Waals surface area contributed by atoms with Crippen molar-refractivity contribution in [2.75, 3.05) is 13.2 Å². The Labute approximate surface area is 107 Å². The molecule has 1 aromatic rings. The number of aromatic nitrogens is 2. The molecule has 1 aliphatic carbocycles. The quantitative estimate of drug-likeness (QED) is 0.864. The Balaban J connectivity index is 1.78. The first-order valence-corrected chi connectivity index (χ1v) is 6.69. The zero-order chi connectivity index (χ0) is 12.6. The van der Waals surface area contributed by atoms with Gasteiger partial charge in [0.15, 0.2) is 5.79 Å². The minimum atomic E-state index is -0.833. The van der Waals surface area contributed by atoms with Crippen molar-refractivity contribution in [3.05, 3.63) is 18.2 Å². The highest BCUT2D eigenvalue weighted by atomic mass is 16.7. The molecule has 2 aliphatic rings. The lowest BCUT2D eigenvalue weighted by molar-refractivity contribution is -0.205. The first kappa shape index (κ1) is 12.1. The Hall–Kier alpha value is -0.910. The molecule has 0 aromatic carbocycles. The summed E-state index contributed by atoms with van der Waals surface area (Å²) in [5, 5.41) is 10.8. The maximum absolute atomic E-state index is 10.8. The first-order chi connectivity index (χ1) is 8.68. The van der Waals surface area contributed by atoms with E-state index in [2.05, 4.69) is 11.9 Å². The summed E-state index contributed by atoms with van der Waals surface area (Å²) in [4.78, 5) is 4.33. The third-order valence-corrected chi connectivity index (χ3v) is 4.12. The first-order valence-electron chi connectivity index (χ1n) is 6.69. The van der Waals surface area contributed by atoms with E-state index in [1.807, 2.05) is 10.8 Å². The van der Waals surface area contributed by atoms with E-state index < -0.39 is 11.4 Å². The summed E-state index contributed by atoms with van der Waals surface area (Å²) in [6.07, 6.45) is 6.43. The highest BCUT2D eigenvalue weighted by Gasteiger charge is 2.47. The van der Waals surface area contributed by atoms with Crippen LogP contribution in [0.15, 0.2) is 12.4 Å². The predicted molar refractivity (Wildman–Crippen MR) is 64.9 cm³/mol. The van der Waals surface area contributed by atoms with Gasteiger partial charge in [-0.05, 0) is 19.8 Å². The van der Waals surface area contributed by atoms with Gasteiger partial charge in [-0.3, -0.25) is 0 Å². The molecule has 1 saturated carbocycles. The fraction of sp³-hybridized carbons (Fsp3) is 0.769. The minimum absolute atomic E-state index is 0.435. The van der Waals surface area contributed by atoms with Crippen molar-refractivity contribution < 1.29 is 14.6 Å². The van der Waals surface area contributed by atoms with Crippen molar-refractivity contribution in [2.45, 2.75) is 50.5 Å². The van der Waals surface area contributed by atoms with E-state index in [4.69, 9.17) is 9.47 Å². The number of aryl methyl sites for hydroxylation is 1. The summed E-state index contributed by atoms with van der Waals surface area (Å²) in [6.45, 7) is 4.22. The van der Waals surface area contributed by atoms with Gasteiger partial charge in [0, 0.05) is 31.8 Å². The van der Waals surface area contributed by atoms with Crippen LogP contribution in [-0.4, -0.2) is 33.7 Å². The molecule has 0 bridgehead atoms. The van der Waals surface area contributed by atoms with Gasteiger partial charge in [0.05, 0.1) is 13.2 Å². The topological polar surface area (TPSA) is 56.5 Å². The van der Waals surface area contributed by atoms with E-state index in [1.54, 1.807) is 6.20 Å². The standard InChI is InChI=1S/C13H20N2O3/c1-2-15-8-7-14-11(15)12(16)3-5-13(6-4-12)17-9-10-18-13/h7-8,16H,2-6,9-10H2,1H3. The average molecular weight is 252 g/mol. The maximum atomic E-state index is 10.8. The molecule has 1 N–H and O–H groups in total. The van der Waals surface area contributed by atoms with Gasteiger partial charge in [-0.15, -0.1) is 0 Å². The zero-order valence-electron chi connectivity index (χ0n) is 10.8. The molecule has 0 atom stereocenters. The second-order valence-electron chi connectivity index (χ2n) is 5.18. The van der Waals surface area contributed by atoms with E-state index in [0.29, 0.717) is 26.1 Å². The summed E-state index contributed by atoms with van der Waals surface area (Å²) < 4.78 is 13.4. The van der Waals surface area contributed by atoms with Crippen LogP contribution in [0.3, 0.4) is 0 Å². The molecule has 1 spiro atoms. The molecular formula is C13H20N2O3. The number of ether oxygens (including phenoxy) is 2. The highest BCUT2D eigenvalue weighted by molar-refractivity contribution is 5.08. The molecule has 2 fully saturated rings. The summed E-state index contributed by atoms with van der Waals surface area (Å²) >= 11 is 0. The molecule has 0 amide bonds. The van der Waals surface area contributed by atoms with Crippen LogP contribution in [0.5, 0.6) is 0 Å². The van der Waals surface area contributed by atoms with Gasteiger partial charge in [0.2, 0.25) is 0 Å². The largest absolute Gasteiger partial charge is 0.382 e. The Morgan fingerprint density at radius 1 is 1.28 bits per heavy atom. The van der Waals surface area contributed by atoms with Crippen LogP contribution < -0.4 is 0 Å². The monoisotopic (exact) mass is 252 g/mol. The Kier molecular flexibility index (Phi) is 2.92. The molecule has 0 unspecified atom stereocenters. The molecule has 18 heavy (non-hydrogen) atoms. The fourth-order valence-corrected chi connectivity index (χ4v) is 3.03. The van der Waals surface area contributed by atoms with Crippen LogP contribution in [0.4, 0.5) is 0 Å². The molecule has 1 aromatic heterocycles. The number of imidazole rings is 1. The van der Waals surface area contributed by atoms with Crippen LogP contribution in [0.25, 0.3) is 0 Å². The lowest BCUT2D eigenvalue weighted by Gasteiger charge is -2.40. The smallest absolute Gasteiger partial charge is 0.168 e. The SMILES string of the molecule is CCn1ccnc1C1(O)CCC2(CC1)OCCO2. The van der Waals surface area contributed by atoms with Gasteiger partial charge in [-0.1, -0.05) is 0 Å². The van der Waals surface area contributed by atoms with E-state index in [1.165, 1.54) is 0 Å². The van der Waals surface area contributed by atoms with Gasteiger partial charge in [0.25, 0.3) is 0 Å². The molecule has 1 aliphatic heterocycles. The summed E-state index contributed by atoms with van der Waals surface area (Å²) in [5.41, 5.74) is -0.833. The fourth-order valence-electron chi connectivity index (χ4n) is 3.03. The molecule has 3 rings (SSSR count). The Bertz CT molecular complexity index is 414. The van der Waals surface area contributed by atoms with Gasteiger partial charge >= 0.3 is 0 Å². The third-order valence-electron chi connectivity index (χ3n) is 4.12. The summed E-state index contributed by atoms with van der Waals surface area (Å²) in [7, 11) is 0. The van der Waals surface area contributed by atoms with Crippen molar-refractivity contribution in [1.29, 1.82) is 0 Å².